The molecule has 2 heterocycles. The lowest BCUT2D eigenvalue weighted by Crippen LogP contribution is -2.02. The second-order valence-corrected chi connectivity index (χ2v) is 6.66. The Morgan fingerprint density at radius 2 is 1.83 bits per heavy atom. The molecule has 1 aromatic carbocycles. The van der Waals surface area contributed by atoms with Gasteiger partial charge in [-0.1, -0.05) is 13.3 Å². The van der Waals surface area contributed by atoms with Crippen LogP contribution in [0, 0.1) is 6.92 Å². The van der Waals surface area contributed by atoms with E-state index in [-0.39, 0.29) is 5.63 Å². The monoisotopic (exact) mass is 310 g/mol. The van der Waals surface area contributed by atoms with Crippen LogP contribution in [0.3, 0.4) is 0 Å². The Morgan fingerprint density at radius 3 is 2.65 bits per heavy atom. The molecule has 0 saturated heterocycles. The van der Waals surface area contributed by atoms with E-state index in [1.165, 1.54) is 23.8 Å². The van der Waals surface area contributed by atoms with Crippen molar-refractivity contribution in [1.82, 2.24) is 0 Å². The van der Waals surface area contributed by atoms with Gasteiger partial charge in [0, 0.05) is 34.4 Å². The molecule has 0 spiro atoms. The molecule has 0 saturated carbocycles. The van der Waals surface area contributed by atoms with E-state index < -0.39 is 0 Å². The summed E-state index contributed by atoms with van der Waals surface area (Å²) >= 11 is 0. The second-order valence-electron chi connectivity index (χ2n) is 6.66. The molecule has 2 aromatic heterocycles. The van der Waals surface area contributed by atoms with Gasteiger partial charge in [0.25, 0.3) is 0 Å². The van der Waals surface area contributed by atoms with Crippen molar-refractivity contribution in [3.05, 3.63) is 45.0 Å². The molecular formula is C20H22O3. The first-order valence-corrected chi connectivity index (χ1v) is 8.69. The molecule has 0 aliphatic heterocycles. The van der Waals surface area contributed by atoms with Crippen molar-refractivity contribution in [3.8, 4) is 0 Å². The average Bonchev–Trinajstić information content (AvgIpc) is 2.93. The van der Waals surface area contributed by atoms with Crippen molar-refractivity contribution in [1.29, 1.82) is 0 Å². The Labute approximate surface area is 135 Å². The van der Waals surface area contributed by atoms with Gasteiger partial charge >= 0.3 is 5.63 Å². The molecule has 0 amide bonds. The highest BCUT2D eigenvalue weighted by Gasteiger charge is 2.21. The average molecular weight is 310 g/mol. The van der Waals surface area contributed by atoms with Crippen LogP contribution in [0.2, 0.25) is 0 Å². The van der Waals surface area contributed by atoms with E-state index in [9.17, 15) is 4.79 Å². The minimum absolute atomic E-state index is 0.262. The Balaban J connectivity index is 2.05. The molecule has 0 N–H and O–H groups in total. The first kappa shape index (κ1) is 14.6. The minimum Gasteiger partial charge on any atom is -0.460 e. The van der Waals surface area contributed by atoms with Crippen LogP contribution in [-0.2, 0) is 19.3 Å². The van der Waals surface area contributed by atoms with Gasteiger partial charge in [0.15, 0.2) is 0 Å². The normalized spacial score (nSPS) is 14.5. The Morgan fingerprint density at radius 1 is 1.04 bits per heavy atom. The Hall–Kier alpha value is -2.03. The molecule has 3 nitrogen and oxygen atoms in total. The van der Waals surface area contributed by atoms with Gasteiger partial charge in [-0.05, 0) is 50.7 Å². The van der Waals surface area contributed by atoms with Gasteiger partial charge in [0.05, 0.1) is 0 Å². The smallest absolute Gasteiger partial charge is 0.336 e. The number of hydrogen-bond donors (Lipinski definition) is 0. The second kappa shape index (κ2) is 5.55. The van der Waals surface area contributed by atoms with Gasteiger partial charge in [-0.3, -0.25) is 0 Å². The summed E-state index contributed by atoms with van der Waals surface area (Å²) in [4.78, 5) is 12.0. The molecule has 0 radical (unpaired) electrons. The molecule has 1 aliphatic rings. The maximum absolute atomic E-state index is 12.0. The number of aryl methyl sites for hydroxylation is 4. The lowest BCUT2D eigenvalue weighted by atomic mass is 9.93. The van der Waals surface area contributed by atoms with Gasteiger partial charge in [-0.15, -0.1) is 0 Å². The van der Waals surface area contributed by atoms with Crippen LogP contribution in [0.5, 0.6) is 0 Å². The van der Waals surface area contributed by atoms with Crippen LogP contribution in [0.4, 0.5) is 0 Å². The minimum atomic E-state index is -0.262. The fourth-order valence-electron chi connectivity index (χ4n) is 3.83. The standard InChI is InChI=1S/C20H22O3/c1-3-4-7-13-10-18(21)23-19-12(2)20-16(11-15(13)19)14-8-5-6-9-17(14)22-20/h10-11H,3-9H2,1-2H3. The zero-order valence-corrected chi connectivity index (χ0v) is 13.8. The first-order chi connectivity index (χ1) is 11.2. The number of fused-ring (bicyclic) bond motifs is 4. The van der Waals surface area contributed by atoms with Crippen molar-refractivity contribution < 1.29 is 8.83 Å². The van der Waals surface area contributed by atoms with E-state index in [0.717, 1.165) is 60.0 Å². The Kier molecular flexibility index (Phi) is 3.51. The van der Waals surface area contributed by atoms with Gasteiger partial charge in [0.2, 0.25) is 0 Å². The van der Waals surface area contributed by atoms with E-state index in [1.807, 2.05) is 6.92 Å². The molecule has 120 valence electrons. The predicted octanol–water partition coefficient (Wildman–Crippen LogP) is 5.07. The van der Waals surface area contributed by atoms with Crippen LogP contribution < -0.4 is 5.63 Å². The van der Waals surface area contributed by atoms with E-state index in [0.29, 0.717) is 5.58 Å². The van der Waals surface area contributed by atoms with Gasteiger partial charge < -0.3 is 8.83 Å². The fourth-order valence-corrected chi connectivity index (χ4v) is 3.83. The van der Waals surface area contributed by atoms with E-state index in [2.05, 4.69) is 13.0 Å². The maximum atomic E-state index is 12.0. The summed E-state index contributed by atoms with van der Waals surface area (Å²) in [5, 5.41) is 2.30. The van der Waals surface area contributed by atoms with Crippen molar-refractivity contribution >= 4 is 21.9 Å². The summed E-state index contributed by atoms with van der Waals surface area (Å²) in [5.41, 5.74) is 4.77. The number of benzene rings is 1. The highest BCUT2D eigenvalue weighted by atomic mass is 16.4. The van der Waals surface area contributed by atoms with Crippen LogP contribution in [0.1, 0.15) is 55.1 Å². The van der Waals surface area contributed by atoms with Crippen LogP contribution in [0.25, 0.3) is 21.9 Å². The fraction of sp³-hybridized carbons (Fsp3) is 0.450. The first-order valence-electron chi connectivity index (χ1n) is 8.69. The SMILES string of the molecule is CCCCc1cc(=O)oc2c(C)c3oc4c(c3cc12)CCCC4. The van der Waals surface area contributed by atoms with E-state index >= 15 is 0 Å². The third kappa shape index (κ3) is 2.30. The zero-order valence-electron chi connectivity index (χ0n) is 13.8. The topological polar surface area (TPSA) is 43.4 Å². The molecule has 0 bridgehead atoms. The zero-order chi connectivity index (χ0) is 16.0. The third-order valence-corrected chi connectivity index (χ3v) is 5.07. The summed E-state index contributed by atoms with van der Waals surface area (Å²) in [6.45, 7) is 4.18. The molecule has 0 atom stereocenters. The number of furan rings is 1. The third-order valence-electron chi connectivity index (χ3n) is 5.07. The molecule has 3 heteroatoms. The lowest BCUT2D eigenvalue weighted by molar-refractivity contribution is 0.503. The van der Waals surface area contributed by atoms with E-state index in [4.69, 9.17) is 8.83 Å². The molecule has 3 aromatic rings. The van der Waals surface area contributed by atoms with Crippen LogP contribution in [-0.4, -0.2) is 0 Å². The van der Waals surface area contributed by atoms with Crippen molar-refractivity contribution in [2.75, 3.05) is 0 Å². The maximum Gasteiger partial charge on any atom is 0.336 e. The van der Waals surface area contributed by atoms with Gasteiger partial charge in [-0.2, -0.15) is 0 Å². The summed E-state index contributed by atoms with van der Waals surface area (Å²) in [7, 11) is 0. The van der Waals surface area contributed by atoms with Crippen LogP contribution >= 0.6 is 0 Å². The largest absolute Gasteiger partial charge is 0.460 e. The van der Waals surface area contributed by atoms with Crippen molar-refractivity contribution in [2.24, 2.45) is 0 Å². The number of hydrogen-bond acceptors (Lipinski definition) is 3. The summed E-state index contributed by atoms with van der Waals surface area (Å²) in [6, 6.07) is 3.86. The number of rotatable bonds is 3. The lowest BCUT2D eigenvalue weighted by Gasteiger charge is -2.09. The molecule has 23 heavy (non-hydrogen) atoms. The van der Waals surface area contributed by atoms with Crippen molar-refractivity contribution in [2.45, 2.75) is 58.8 Å². The summed E-state index contributed by atoms with van der Waals surface area (Å²) in [6.07, 6.45) is 7.65. The van der Waals surface area contributed by atoms with Crippen molar-refractivity contribution in [3.63, 3.8) is 0 Å². The molecule has 0 unspecified atom stereocenters. The highest BCUT2D eigenvalue weighted by Crippen LogP contribution is 2.37. The molecular weight excluding hydrogens is 288 g/mol. The summed E-state index contributed by atoms with van der Waals surface area (Å²) in [5.74, 6) is 1.13. The van der Waals surface area contributed by atoms with Gasteiger partial charge in [0.1, 0.15) is 16.9 Å². The highest BCUT2D eigenvalue weighted by molar-refractivity contribution is 6.00. The summed E-state index contributed by atoms with van der Waals surface area (Å²) < 4.78 is 11.7. The Bertz CT molecular complexity index is 943. The predicted molar refractivity (Wildman–Crippen MR) is 92.2 cm³/mol. The van der Waals surface area contributed by atoms with Gasteiger partial charge in [-0.25, -0.2) is 4.79 Å². The number of unbranched alkanes of at least 4 members (excludes halogenated alkanes) is 1. The molecule has 1 aliphatic carbocycles. The van der Waals surface area contributed by atoms with Crippen LogP contribution in [0.15, 0.2) is 25.8 Å². The van der Waals surface area contributed by atoms with E-state index in [1.54, 1.807) is 6.07 Å². The molecule has 4 rings (SSSR count). The molecule has 0 fully saturated rings. The quantitative estimate of drug-likeness (QED) is 0.634.